The highest BCUT2D eigenvalue weighted by Gasteiger charge is 2.24. The summed E-state index contributed by atoms with van der Waals surface area (Å²) in [5.41, 5.74) is -0.175. The first-order valence-corrected chi connectivity index (χ1v) is 9.12. The van der Waals surface area contributed by atoms with Crippen LogP contribution in [0.15, 0.2) is 5.16 Å². The van der Waals surface area contributed by atoms with Crippen LogP contribution in [-0.2, 0) is 10.2 Å². The van der Waals surface area contributed by atoms with Gasteiger partial charge < -0.3 is 10.7 Å². The van der Waals surface area contributed by atoms with E-state index in [-0.39, 0.29) is 11.3 Å². The summed E-state index contributed by atoms with van der Waals surface area (Å²) in [5, 5.41) is 8.85. The molecule has 0 aliphatic carbocycles. The number of hydrogen-bond donors (Lipinski definition) is 1. The molecule has 1 aromatic rings. The molecule has 6 nitrogen and oxygen atoms in total. The molecule has 0 unspecified atom stereocenters. The molecular weight excluding hydrogens is 310 g/mol. The average Bonchev–Trinajstić information content (AvgIpc) is 2.75. The number of rotatable bonds is 7. The number of nitrogen functional groups attached to an aromatic ring is 1. The molecule has 1 heterocycles. The second-order valence-electron chi connectivity index (χ2n) is 7.80. The van der Waals surface area contributed by atoms with Crippen LogP contribution in [0.4, 0.5) is 0 Å². The summed E-state index contributed by atoms with van der Waals surface area (Å²) in [4.78, 5) is 14.4. The first kappa shape index (κ1) is 19.8. The molecule has 0 spiro atoms. The molecule has 0 aliphatic rings. The monoisotopic (exact) mass is 341 g/mol. The Morgan fingerprint density at radius 3 is 2.09 bits per heavy atom. The zero-order valence-corrected chi connectivity index (χ0v) is 16.3. The van der Waals surface area contributed by atoms with Crippen molar-refractivity contribution < 1.29 is 4.79 Å². The van der Waals surface area contributed by atoms with E-state index in [1.807, 2.05) is 25.7 Å². The van der Waals surface area contributed by atoms with Gasteiger partial charge in [0, 0.05) is 18.5 Å². The lowest BCUT2D eigenvalue weighted by atomic mass is 9.96. The zero-order chi connectivity index (χ0) is 17.8. The summed E-state index contributed by atoms with van der Waals surface area (Å²) in [6.07, 6.45) is 0. The third kappa shape index (κ3) is 6.05. The number of nitrogens with two attached hydrogens (primary N) is 1. The van der Waals surface area contributed by atoms with Gasteiger partial charge in [-0.15, -0.1) is 10.2 Å². The third-order valence-corrected chi connectivity index (χ3v) is 4.11. The maximum Gasteiger partial charge on any atom is 0.233 e. The molecule has 0 saturated heterocycles. The highest BCUT2D eigenvalue weighted by molar-refractivity contribution is 7.99. The molecule has 0 saturated carbocycles. The van der Waals surface area contributed by atoms with E-state index < -0.39 is 0 Å². The van der Waals surface area contributed by atoms with E-state index in [2.05, 4.69) is 37.9 Å². The number of aromatic nitrogens is 3. The Bertz CT molecular complexity index is 509. The lowest BCUT2D eigenvalue weighted by molar-refractivity contribution is -0.129. The normalized spacial score (nSPS) is 12.2. The van der Waals surface area contributed by atoms with Crippen LogP contribution in [0.3, 0.4) is 0 Å². The standard InChI is InChI=1S/C16H31N5OS/c1-11(2)8-20(9-12(3)4)13(22)10-23-15-19-18-14(21(15)17)16(5,6)7/h11-12H,8-10,17H2,1-7H3. The van der Waals surface area contributed by atoms with Gasteiger partial charge >= 0.3 is 0 Å². The second-order valence-corrected chi connectivity index (χ2v) is 8.74. The fourth-order valence-corrected chi connectivity index (χ4v) is 3.02. The van der Waals surface area contributed by atoms with E-state index in [0.29, 0.717) is 28.6 Å². The van der Waals surface area contributed by atoms with E-state index in [4.69, 9.17) is 5.84 Å². The summed E-state index contributed by atoms with van der Waals surface area (Å²) in [5.74, 6) is 8.14. The van der Waals surface area contributed by atoms with E-state index in [1.54, 1.807) is 0 Å². The molecule has 0 fully saturated rings. The van der Waals surface area contributed by atoms with Gasteiger partial charge in [0.15, 0.2) is 5.82 Å². The second kappa shape index (κ2) is 8.04. The molecule has 132 valence electrons. The van der Waals surface area contributed by atoms with Crippen LogP contribution in [0, 0.1) is 11.8 Å². The molecule has 1 aromatic heterocycles. The number of carbonyl (C=O) groups is 1. The van der Waals surface area contributed by atoms with Crippen LogP contribution in [0.2, 0.25) is 0 Å². The van der Waals surface area contributed by atoms with Crippen molar-refractivity contribution in [1.29, 1.82) is 0 Å². The highest BCUT2D eigenvalue weighted by Crippen LogP contribution is 2.23. The Kier molecular flexibility index (Phi) is 6.92. The molecule has 23 heavy (non-hydrogen) atoms. The Balaban J connectivity index is 2.72. The summed E-state index contributed by atoms with van der Waals surface area (Å²) in [6, 6.07) is 0. The summed E-state index contributed by atoms with van der Waals surface area (Å²) in [7, 11) is 0. The van der Waals surface area contributed by atoms with Gasteiger partial charge in [0.05, 0.1) is 5.75 Å². The Hall–Kier alpha value is -1.24. The fraction of sp³-hybridized carbons (Fsp3) is 0.812. The number of hydrogen-bond acceptors (Lipinski definition) is 5. The smallest absolute Gasteiger partial charge is 0.233 e. The minimum atomic E-state index is -0.175. The van der Waals surface area contributed by atoms with Gasteiger partial charge in [0.1, 0.15) is 0 Å². The Labute approximate surface area is 144 Å². The molecular formula is C16H31N5OS. The van der Waals surface area contributed by atoms with Gasteiger partial charge in [-0.2, -0.15) is 0 Å². The molecule has 0 aliphatic heterocycles. The third-order valence-electron chi connectivity index (χ3n) is 3.18. The SMILES string of the molecule is CC(C)CN(CC(C)C)C(=O)CSc1nnc(C(C)(C)C)n1N. The molecule has 1 amide bonds. The number of amides is 1. The van der Waals surface area contributed by atoms with Gasteiger partial charge in [-0.05, 0) is 11.8 Å². The van der Waals surface area contributed by atoms with Crippen molar-refractivity contribution in [3.8, 4) is 0 Å². The van der Waals surface area contributed by atoms with Crippen LogP contribution >= 0.6 is 11.8 Å². The minimum absolute atomic E-state index is 0.123. The van der Waals surface area contributed by atoms with Crippen LogP contribution in [-0.4, -0.2) is 44.5 Å². The van der Waals surface area contributed by atoms with Crippen molar-refractivity contribution >= 4 is 17.7 Å². The van der Waals surface area contributed by atoms with Crippen LogP contribution in [0.25, 0.3) is 0 Å². The van der Waals surface area contributed by atoms with Crippen molar-refractivity contribution in [2.24, 2.45) is 11.8 Å². The van der Waals surface area contributed by atoms with Crippen molar-refractivity contribution in [1.82, 2.24) is 19.8 Å². The van der Waals surface area contributed by atoms with Crippen molar-refractivity contribution in [2.75, 3.05) is 24.7 Å². The maximum absolute atomic E-state index is 12.5. The quantitative estimate of drug-likeness (QED) is 0.609. The highest BCUT2D eigenvalue weighted by atomic mass is 32.2. The molecule has 0 radical (unpaired) electrons. The molecule has 1 rings (SSSR count). The van der Waals surface area contributed by atoms with Gasteiger partial charge in [0.25, 0.3) is 0 Å². The summed E-state index contributed by atoms with van der Waals surface area (Å²) in [6.45, 7) is 16.2. The van der Waals surface area contributed by atoms with Gasteiger partial charge in [-0.3, -0.25) is 4.79 Å². The molecule has 7 heteroatoms. The lowest BCUT2D eigenvalue weighted by Gasteiger charge is -2.26. The summed E-state index contributed by atoms with van der Waals surface area (Å²) >= 11 is 1.35. The topological polar surface area (TPSA) is 77.0 Å². The molecule has 0 bridgehead atoms. The van der Waals surface area contributed by atoms with Crippen LogP contribution < -0.4 is 5.84 Å². The van der Waals surface area contributed by atoms with E-state index in [1.165, 1.54) is 16.4 Å². The van der Waals surface area contributed by atoms with Crippen LogP contribution in [0.5, 0.6) is 0 Å². The van der Waals surface area contributed by atoms with Gasteiger partial charge in [0.2, 0.25) is 11.1 Å². The van der Waals surface area contributed by atoms with Crippen molar-refractivity contribution in [3.63, 3.8) is 0 Å². The zero-order valence-electron chi connectivity index (χ0n) is 15.5. The first-order valence-electron chi connectivity index (χ1n) is 8.14. The number of carbonyl (C=O) groups excluding carboxylic acids is 1. The molecule has 0 atom stereocenters. The molecule has 0 aromatic carbocycles. The van der Waals surface area contributed by atoms with Gasteiger partial charge in [-0.25, -0.2) is 4.68 Å². The Morgan fingerprint density at radius 2 is 1.70 bits per heavy atom. The van der Waals surface area contributed by atoms with Gasteiger partial charge in [-0.1, -0.05) is 60.2 Å². The minimum Gasteiger partial charge on any atom is -0.341 e. The molecule has 2 N–H and O–H groups in total. The first-order chi connectivity index (χ1) is 10.5. The van der Waals surface area contributed by atoms with Crippen molar-refractivity contribution in [2.45, 2.75) is 59.0 Å². The summed E-state index contributed by atoms with van der Waals surface area (Å²) < 4.78 is 1.49. The maximum atomic E-state index is 12.5. The predicted molar refractivity (Wildman–Crippen MR) is 95.9 cm³/mol. The van der Waals surface area contributed by atoms with E-state index >= 15 is 0 Å². The van der Waals surface area contributed by atoms with Crippen LogP contribution in [0.1, 0.15) is 54.3 Å². The number of thioether (sulfide) groups is 1. The number of nitrogens with zero attached hydrogens (tertiary/aromatic N) is 4. The predicted octanol–water partition coefficient (Wildman–Crippen LogP) is 2.52. The lowest BCUT2D eigenvalue weighted by Crippen LogP contribution is -2.38. The Morgan fingerprint density at radius 1 is 1.17 bits per heavy atom. The fourth-order valence-electron chi connectivity index (χ4n) is 2.26. The van der Waals surface area contributed by atoms with E-state index in [9.17, 15) is 4.79 Å². The van der Waals surface area contributed by atoms with E-state index in [0.717, 1.165) is 13.1 Å². The van der Waals surface area contributed by atoms with Crippen molar-refractivity contribution in [3.05, 3.63) is 5.82 Å². The largest absolute Gasteiger partial charge is 0.341 e. The average molecular weight is 342 g/mol.